The summed E-state index contributed by atoms with van der Waals surface area (Å²) in [6.07, 6.45) is -4.80. The summed E-state index contributed by atoms with van der Waals surface area (Å²) in [4.78, 5) is 1.90. The van der Waals surface area contributed by atoms with Crippen LogP contribution in [0.4, 0.5) is 24.0 Å². The first-order valence-corrected chi connectivity index (χ1v) is 10.8. The van der Waals surface area contributed by atoms with Crippen molar-refractivity contribution >= 4 is 32.2 Å². The van der Waals surface area contributed by atoms with E-state index in [9.17, 15) is 26.7 Å². The highest BCUT2D eigenvalue weighted by molar-refractivity contribution is 7.91. The van der Waals surface area contributed by atoms with E-state index >= 15 is 0 Å². The molecule has 2 aromatic rings. The molecule has 2 heterocycles. The van der Waals surface area contributed by atoms with Crippen molar-refractivity contribution in [1.29, 1.82) is 0 Å². The molecule has 13 heteroatoms. The van der Waals surface area contributed by atoms with Gasteiger partial charge in [-0.3, -0.25) is 0 Å². The number of aromatic nitrogens is 2. The van der Waals surface area contributed by atoms with E-state index in [1.807, 2.05) is 11.8 Å². The van der Waals surface area contributed by atoms with E-state index in [1.54, 1.807) is 0 Å². The van der Waals surface area contributed by atoms with Gasteiger partial charge >= 0.3 is 6.18 Å². The van der Waals surface area contributed by atoms with Crippen LogP contribution in [0.15, 0.2) is 28.6 Å². The number of benzene rings is 1. The van der Waals surface area contributed by atoms with Crippen LogP contribution in [0.5, 0.6) is 0 Å². The summed E-state index contributed by atoms with van der Waals surface area (Å²) in [6, 6.07) is 5.19. The summed E-state index contributed by atoms with van der Waals surface area (Å²) in [7, 11) is -3.81. The van der Waals surface area contributed by atoms with Gasteiger partial charge in [-0.1, -0.05) is 23.5 Å². The average Bonchev–Trinajstić information content (AvgIpc) is 3.08. The van der Waals surface area contributed by atoms with E-state index in [0.717, 1.165) is 11.3 Å². The summed E-state index contributed by atoms with van der Waals surface area (Å²) in [5, 5.41) is 17.0. The van der Waals surface area contributed by atoms with E-state index in [-0.39, 0.29) is 34.2 Å². The highest BCUT2D eigenvalue weighted by Gasteiger charge is 2.51. The second kappa shape index (κ2) is 7.38. The molecule has 0 aliphatic carbocycles. The largest absolute Gasteiger partial charge is 0.421 e. The second-order valence-corrected chi connectivity index (χ2v) is 10.0. The Bertz CT molecular complexity index is 976. The molecule has 3 N–H and O–H groups in total. The monoisotopic (exact) mass is 451 g/mol. The normalized spacial score (nSPS) is 21.2. The molecule has 1 fully saturated rings. The summed E-state index contributed by atoms with van der Waals surface area (Å²) in [6.45, 7) is 3.20. The van der Waals surface area contributed by atoms with Crippen molar-refractivity contribution in [3.63, 3.8) is 0 Å². The first kappa shape index (κ1) is 21.7. The van der Waals surface area contributed by atoms with Crippen LogP contribution in [-0.2, 0) is 15.6 Å². The van der Waals surface area contributed by atoms with Crippen molar-refractivity contribution in [3.05, 3.63) is 29.8 Å². The van der Waals surface area contributed by atoms with Crippen LogP contribution in [0.1, 0.15) is 19.4 Å². The van der Waals surface area contributed by atoms with Gasteiger partial charge in [-0.05, 0) is 31.5 Å². The predicted molar refractivity (Wildman–Crippen MR) is 102 cm³/mol. The second-order valence-electron chi connectivity index (χ2n) is 6.93. The molecule has 0 bridgehead atoms. The SMILES string of the molecule is CC1CN(S(=O)(=O)c2nnc(N)s2)CCN1c1ccc(C(C)(O)C(F)(F)F)cc1. The minimum Gasteiger partial charge on any atom is -0.376 e. The zero-order valence-electron chi connectivity index (χ0n) is 15.6. The Morgan fingerprint density at radius 2 is 1.83 bits per heavy atom. The third-order valence-corrected chi connectivity index (χ3v) is 7.85. The molecule has 8 nitrogen and oxygen atoms in total. The van der Waals surface area contributed by atoms with Gasteiger partial charge in [-0.15, -0.1) is 10.2 Å². The molecule has 0 amide bonds. The highest BCUT2D eigenvalue weighted by Crippen LogP contribution is 2.39. The number of hydrogen-bond donors (Lipinski definition) is 2. The summed E-state index contributed by atoms with van der Waals surface area (Å²) >= 11 is 0.789. The Hall–Kier alpha value is -1.96. The van der Waals surface area contributed by atoms with Gasteiger partial charge in [-0.25, -0.2) is 8.42 Å². The molecule has 1 aliphatic heterocycles. The van der Waals surface area contributed by atoms with Gasteiger partial charge in [-0.2, -0.15) is 17.5 Å². The number of nitrogens with two attached hydrogens (primary N) is 1. The van der Waals surface area contributed by atoms with Gasteiger partial charge in [0, 0.05) is 31.4 Å². The minimum atomic E-state index is -4.80. The number of rotatable bonds is 4. The van der Waals surface area contributed by atoms with Crippen LogP contribution in [0, 0.1) is 0 Å². The zero-order chi connectivity index (χ0) is 21.6. The number of nitrogen functional groups attached to an aromatic ring is 1. The van der Waals surface area contributed by atoms with E-state index in [4.69, 9.17) is 5.73 Å². The van der Waals surface area contributed by atoms with Crippen LogP contribution >= 0.6 is 11.3 Å². The van der Waals surface area contributed by atoms with Gasteiger partial charge < -0.3 is 15.7 Å². The van der Waals surface area contributed by atoms with E-state index in [1.165, 1.54) is 28.6 Å². The molecule has 1 saturated heterocycles. The third-order valence-electron chi connectivity index (χ3n) is 4.89. The molecule has 3 rings (SSSR count). The van der Waals surface area contributed by atoms with Gasteiger partial charge in [0.2, 0.25) is 9.47 Å². The molecule has 1 aliphatic rings. The van der Waals surface area contributed by atoms with Gasteiger partial charge in [0.15, 0.2) is 5.60 Å². The standard InChI is InChI=1S/C16H20F3N5O3S2/c1-10-9-23(29(26,27)14-22-21-13(20)28-14)7-8-24(10)12-5-3-11(4-6-12)15(2,25)16(17,18)19/h3-6,10,25H,7-9H2,1-2H3,(H2,20,21). The topological polar surface area (TPSA) is 113 Å². The van der Waals surface area contributed by atoms with E-state index in [0.29, 0.717) is 19.2 Å². The highest BCUT2D eigenvalue weighted by atomic mass is 32.2. The molecule has 160 valence electrons. The van der Waals surface area contributed by atoms with Crippen molar-refractivity contribution in [2.75, 3.05) is 30.3 Å². The third kappa shape index (κ3) is 4.04. The summed E-state index contributed by atoms with van der Waals surface area (Å²) < 4.78 is 65.4. The number of nitrogens with zero attached hydrogens (tertiary/aromatic N) is 4. The lowest BCUT2D eigenvalue weighted by Gasteiger charge is -2.40. The maximum atomic E-state index is 13.0. The number of hydrogen-bond acceptors (Lipinski definition) is 8. The molecular weight excluding hydrogens is 431 g/mol. The number of alkyl halides is 3. The molecule has 0 radical (unpaired) electrons. The Balaban J connectivity index is 1.75. The van der Waals surface area contributed by atoms with Crippen LogP contribution < -0.4 is 10.6 Å². The number of sulfonamides is 1. The average molecular weight is 451 g/mol. The van der Waals surface area contributed by atoms with E-state index in [2.05, 4.69) is 10.2 Å². The van der Waals surface area contributed by atoms with Crippen molar-refractivity contribution in [2.24, 2.45) is 0 Å². The molecule has 2 atom stereocenters. The summed E-state index contributed by atoms with van der Waals surface area (Å²) in [5.74, 6) is 0. The summed E-state index contributed by atoms with van der Waals surface area (Å²) in [5.41, 5.74) is 2.88. The van der Waals surface area contributed by atoms with Crippen LogP contribution in [0.3, 0.4) is 0 Å². The Labute approximate surface area is 169 Å². The molecule has 29 heavy (non-hydrogen) atoms. The lowest BCUT2D eigenvalue weighted by atomic mass is 9.95. The van der Waals surface area contributed by atoms with Crippen molar-refractivity contribution < 1.29 is 26.7 Å². The molecule has 0 saturated carbocycles. The maximum absolute atomic E-state index is 13.0. The number of anilines is 2. The van der Waals surface area contributed by atoms with Crippen molar-refractivity contribution in [1.82, 2.24) is 14.5 Å². The number of aliphatic hydroxyl groups is 1. The zero-order valence-corrected chi connectivity index (χ0v) is 17.2. The smallest absolute Gasteiger partial charge is 0.376 e. The van der Waals surface area contributed by atoms with E-state index < -0.39 is 21.8 Å². The van der Waals surface area contributed by atoms with Gasteiger partial charge in [0.05, 0.1) is 0 Å². The maximum Gasteiger partial charge on any atom is 0.421 e. The number of halogens is 3. The van der Waals surface area contributed by atoms with Crippen molar-refractivity contribution in [2.45, 2.75) is 36.0 Å². The van der Waals surface area contributed by atoms with Crippen molar-refractivity contribution in [3.8, 4) is 0 Å². The quantitative estimate of drug-likeness (QED) is 0.729. The lowest BCUT2D eigenvalue weighted by molar-refractivity contribution is -0.258. The Morgan fingerprint density at radius 1 is 1.21 bits per heavy atom. The lowest BCUT2D eigenvalue weighted by Crippen LogP contribution is -2.53. The van der Waals surface area contributed by atoms with Crippen LogP contribution in [0.2, 0.25) is 0 Å². The molecule has 1 aromatic carbocycles. The van der Waals surface area contributed by atoms with Gasteiger partial charge in [0.1, 0.15) is 0 Å². The first-order valence-electron chi connectivity index (χ1n) is 8.59. The molecule has 2 unspecified atom stereocenters. The fraction of sp³-hybridized carbons (Fsp3) is 0.500. The Morgan fingerprint density at radius 3 is 2.31 bits per heavy atom. The minimum absolute atomic E-state index is 0.0603. The fourth-order valence-corrected chi connectivity index (χ4v) is 5.54. The molecule has 0 spiro atoms. The Kier molecular flexibility index (Phi) is 5.53. The van der Waals surface area contributed by atoms with Crippen LogP contribution in [0.25, 0.3) is 0 Å². The predicted octanol–water partition coefficient (Wildman–Crippen LogP) is 1.79. The van der Waals surface area contributed by atoms with Crippen LogP contribution in [-0.4, -0.2) is 59.9 Å². The molecule has 1 aromatic heterocycles. The van der Waals surface area contributed by atoms with Gasteiger partial charge in [0.25, 0.3) is 10.0 Å². The molecular formula is C16H20F3N5O3S2. The fourth-order valence-electron chi connectivity index (χ4n) is 3.10. The first-order chi connectivity index (χ1) is 13.3. The number of piperazine rings is 1.